The lowest BCUT2D eigenvalue weighted by Gasteiger charge is -2.33. The first-order valence-electron chi connectivity index (χ1n) is 21.5. The van der Waals surface area contributed by atoms with E-state index < -0.39 is 0 Å². The van der Waals surface area contributed by atoms with Crippen LogP contribution in [0.2, 0.25) is 0 Å². The van der Waals surface area contributed by atoms with Gasteiger partial charge in [-0.2, -0.15) is 0 Å². The summed E-state index contributed by atoms with van der Waals surface area (Å²) in [6, 6.07) is 0. The summed E-state index contributed by atoms with van der Waals surface area (Å²) in [6.07, 6.45) is 55.9. The summed E-state index contributed by atoms with van der Waals surface area (Å²) in [7, 11) is 0. The molecule has 0 fully saturated rings. The zero-order valence-corrected chi connectivity index (χ0v) is 31.8. The van der Waals surface area contributed by atoms with Crippen molar-refractivity contribution in [3.8, 4) is 0 Å². The van der Waals surface area contributed by atoms with Gasteiger partial charge in [-0.25, -0.2) is 0 Å². The maximum atomic E-state index is 2.71. The van der Waals surface area contributed by atoms with E-state index >= 15 is 0 Å². The highest BCUT2D eigenvalue weighted by molar-refractivity contribution is 4.97. The van der Waals surface area contributed by atoms with Crippen LogP contribution in [0, 0.1) is 0 Å². The second kappa shape index (κ2) is 34.7. The van der Waals surface area contributed by atoms with Crippen molar-refractivity contribution in [1.82, 2.24) is 9.80 Å². The first-order chi connectivity index (χ1) is 22.3. The zero-order chi connectivity index (χ0) is 32.3. The van der Waals surface area contributed by atoms with E-state index in [4.69, 9.17) is 0 Å². The Morgan fingerprint density at radius 2 is 0.511 bits per heavy atom. The molecule has 268 valence electrons. The summed E-state index contributed by atoms with van der Waals surface area (Å²) in [5, 5.41) is 0. The number of nitrogens with zero attached hydrogens (tertiary/aromatic N) is 2. The minimum atomic E-state index is 0.639. The van der Waals surface area contributed by atoms with Crippen LogP contribution in [0.5, 0.6) is 0 Å². The average Bonchev–Trinajstić information content (AvgIpc) is 3.44. The van der Waals surface area contributed by atoms with Crippen molar-refractivity contribution in [2.45, 2.75) is 252 Å². The molecule has 1 rings (SSSR count). The Labute approximate surface area is 286 Å². The number of hydrogen-bond donors (Lipinski definition) is 0. The Morgan fingerprint density at radius 3 is 0.800 bits per heavy atom. The van der Waals surface area contributed by atoms with Gasteiger partial charge in [0.2, 0.25) is 0 Å². The fourth-order valence-corrected chi connectivity index (χ4v) is 7.42. The lowest BCUT2D eigenvalue weighted by molar-refractivity contribution is 0.135. The molecule has 45 heavy (non-hydrogen) atoms. The number of unbranched alkanes of at least 4 members (excludes halogenated alkanes) is 31. The van der Waals surface area contributed by atoms with Crippen LogP contribution in [-0.2, 0) is 0 Å². The SMILES string of the molecule is CCCCCCCCCCCCCCCCCCCN1C=CN(CCCCCC)C1CCCCCCCCCCCCCCC. The third-order valence-electron chi connectivity index (χ3n) is 10.6. The van der Waals surface area contributed by atoms with Crippen LogP contribution in [0.15, 0.2) is 12.4 Å². The summed E-state index contributed by atoms with van der Waals surface area (Å²) in [5.74, 6) is 0. The lowest BCUT2D eigenvalue weighted by Crippen LogP contribution is -2.39. The highest BCUT2D eigenvalue weighted by atomic mass is 15.4. The van der Waals surface area contributed by atoms with E-state index in [2.05, 4.69) is 43.0 Å². The number of hydrogen-bond acceptors (Lipinski definition) is 2. The third kappa shape index (κ3) is 27.0. The molecule has 2 nitrogen and oxygen atoms in total. The van der Waals surface area contributed by atoms with Gasteiger partial charge in [-0.1, -0.05) is 220 Å². The molecule has 2 heteroatoms. The van der Waals surface area contributed by atoms with Gasteiger partial charge in [0.1, 0.15) is 6.17 Å². The Kier molecular flexibility index (Phi) is 32.6. The van der Waals surface area contributed by atoms with Crippen LogP contribution in [-0.4, -0.2) is 29.1 Å². The van der Waals surface area contributed by atoms with E-state index in [0.29, 0.717) is 6.17 Å². The summed E-state index contributed by atoms with van der Waals surface area (Å²) in [5.41, 5.74) is 0. The Morgan fingerprint density at radius 1 is 0.289 bits per heavy atom. The summed E-state index contributed by atoms with van der Waals surface area (Å²) < 4.78 is 0. The van der Waals surface area contributed by atoms with Crippen molar-refractivity contribution in [2.75, 3.05) is 13.1 Å². The van der Waals surface area contributed by atoms with Gasteiger partial charge in [0.05, 0.1) is 0 Å². The average molecular weight is 631 g/mol. The molecular formula is C43H86N2. The van der Waals surface area contributed by atoms with Gasteiger partial charge in [-0.05, 0) is 25.7 Å². The molecule has 0 radical (unpaired) electrons. The summed E-state index contributed by atoms with van der Waals surface area (Å²) >= 11 is 0. The molecule has 0 N–H and O–H groups in total. The van der Waals surface area contributed by atoms with Crippen molar-refractivity contribution in [3.05, 3.63) is 12.4 Å². The summed E-state index contributed by atoms with van der Waals surface area (Å²) in [6.45, 7) is 9.48. The van der Waals surface area contributed by atoms with E-state index in [9.17, 15) is 0 Å². The smallest absolute Gasteiger partial charge is 0.101 e. The van der Waals surface area contributed by atoms with Crippen molar-refractivity contribution >= 4 is 0 Å². The third-order valence-corrected chi connectivity index (χ3v) is 10.6. The zero-order valence-electron chi connectivity index (χ0n) is 31.8. The van der Waals surface area contributed by atoms with E-state index in [0.717, 1.165) is 0 Å². The molecular weight excluding hydrogens is 544 g/mol. The molecule has 1 atom stereocenters. The molecule has 0 aliphatic carbocycles. The van der Waals surface area contributed by atoms with Crippen LogP contribution < -0.4 is 0 Å². The van der Waals surface area contributed by atoms with Gasteiger partial charge in [0.25, 0.3) is 0 Å². The van der Waals surface area contributed by atoms with E-state index in [-0.39, 0.29) is 0 Å². The van der Waals surface area contributed by atoms with Crippen molar-refractivity contribution in [1.29, 1.82) is 0 Å². The lowest BCUT2D eigenvalue weighted by atomic mass is 10.0. The molecule has 0 bridgehead atoms. The molecule has 0 aromatic heterocycles. The monoisotopic (exact) mass is 631 g/mol. The van der Waals surface area contributed by atoms with Crippen LogP contribution in [0.1, 0.15) is 245 Å². The maximum absolute atomic E-state index is 2.71. The van der Waals surface area contributed by atoms with Crippen molar-refractivity contribution in [3.63, 3.8) is 0 Å². The standard InChI is InChI=1S/C43H86N2/c1-4-7-10-13-15-17-19-21-22-23-24-26-28-30-32-34-37-40-45-42-41-44(39-36-12-9-6-3)43(45)38-35-33-31-29-27-25-20-18-16-14-11-8-5-2/h41-43H,4-40H2,1-3H3. The predicted octanol–water partition coefficient (Wildman–Crippen LogP) is 15.1. The molecule has 0 saturated heterocycles. The fraction of sp³-hybridized carbons (Fsp3) is 0.953. The Balaban J connectivity index is 2.07. The Bertz CT molecular complexity index is 586. The van der Waals surface area contributed by atoms with Crippen molar-refractivity contribution < 1.29 is 0 Å². The fourth-order valence-electron chi connectivity index (χ4n) is 7.42. The highest BCUT2D eigenvalue weighted by Crippen LogP contribution is 2.24. The largest absolute Gasteiger partial charge is 0.356 e. The molecule has 0 aromatic rings. The molecule has 0 saturated carbocycles. The molecule has 0 amide bonds. The van der Waals surface area contributed by atoms with Crippen LogP contribution >= 0.6 is 0 Å². The summed E-state index contributed by atoms with van der Waals surface area (Å²) in [4.78, 5) is 5.41. The van der Waals surface area contributed by atoms with Crippen LogP contribution in [0.3, 0.4) is 0 Å². The van der Waals surface area contributed by atoms with Gasteiger partial charge < -0.3 is 9.80 Å². The van der Waals surface area contributed by atoms with E-state index in [1.807, 2.05) is 0 Å². The molecule has 0 aromatic carbocycles. The first kappa shape index (κ1) is 42.4. The predicted molar refractivity (Wildman–Crippen MR) is 205 cm³/mol. The molecule has 0 spiro atoms. The topological polar surface area (TPSA) is 6.48 Å². The maximum Gasteiger partial charge on any atom is 0.101 e. The molecule has 1 unspecified atom stereocenters. The van der Waals surface area contributed by atoms with Crippen LogP contribution in [0.25, 0.3) is 0 Å². The van der Waals surface area contributed by atoms with Gasteiger partial charge in [0, 0.05) is 25.5 Å². The van der Waals surface area contributed by atoms with Crippen LogP contribution in [0.4, 0.5) is 0 Å². The number of rotatable bonds is 37. The van der Waals surface area contributed by atoms with Gasteiger partial charge in [-0.15, -0.1) is 0 Å². The normalized spacial score (nSPS) is 14.8. The highest BCUT2D eigenvalue weighted by Gasteiger charge is 2.24. The molecule has 1 aliphatic rings. The minimum absolute atomic E-state index is 0.639. The quantitative estimate of drug-likeness (QED) is 0.0630. The first-order valence-corrected chi connectivity index (χ1v) is 21.5. The Hall–Kier alpha value is -0.660. The second-order valence-electron chi connectivity index (χ2n) is 15.0. The molecule has 1 aliphatic heterocycles. The van der Waals surface area contributed by atoms with Gasteiger partial charge in [-0.3, -0.25) is 0 Å². The van der Waals surface area contributed by atoms with E-state index in [1.165, 1.54) is 238 Å². The minimum Gasteiger partial charge on any atom is -0.356 e. The van der Waals surface area contributed by atoms with E-state index in [1.54, 1.807) is 0 Å². The molecule has 1 heterocycles. The van der Waals surface area contributed by atoms with Gasteiger partial charge >= 0.3 is 0 Å². The second-order valence-corrected chi connectivity index (χ2v) is 15.0. The van der Waals surface area contributed by atoms with Gasteiger partial charge in [0.15, 0.2) is 0 Å². The van der Waals surface area contributed by atoms with Crippen molar-refractivity contribution in [2.24, 2.45) is 0 Å².